The highest BCUT2D eigenvalue weighted by Crippen LogP contribution is 2.56. The number of rotatable bonds is 5. The van der Waals surface area contributed by atoms with Crippen molar-refractivity contribution in [3.63, 3.8) is 0 Å². The lowest BCUT2D eigenvalue weighted by atomic mass is 9.70. The molecule has 4 aliphatic heterocycles. The average molecular weight is 911 g/mol. The zero-order chi connectivity index (χ0) is 47.7. The van der Waals surface area contributed by atoms with Crippen LogP contribution in [0.5, 0.6) is 0 Å². The molecule has 0 radical (unpaired) electrons. The SMILES string of the molecule is CC(=O)OC(CN1C(=O)C2(CC(C)(C)N(C(C)=O)C(C)(C)C2)OC12CCCCCCCCCCC2)CN1C(=O)C2(CC(C)(C)N(C(C)=O)C(C)(C)C2)OC12CCCCCCCCCCC2. The largest absolute Gasteiger partial charge is 0.459 e. The Hall–Kier alpha value is -2.73. The van der Waals surface area contributed by atoms with Crippen LogP contribution in [0, 0.1) is 0 Å². The number of hydrogen-bond donors (Lipinski definition) is 0. The van der Waals surface area contributed by atoms with Crippen molar-refractivity contribution < 1.29 is 38.2 Å². The van der Waals surface area contributed by atoms with Crippen molar-refractivity contribution in [1.82, 2.24) is 19.6 Å². The Balaban J connectivity index is 1.44. The lowest BCUT2D eigenvalue weighted by Crippen LogP contribution is -2.68. The van der Waals surface area contributed by atoms with Gasteiger partial charge in [0, 0.05) is 68.6 Å². The minimum atomic E-state index is -1.19. The third-order valence-corrected chi connectivity index (χ3v) is 16.3. The molecule has 6 rings (SSSR count). The fraction of sp³-hybridized carbons (Fsp3) is 0.906. The number of hydrogen-bond acceptors (Lipinski definition) is 8. The number of piperidine rings is 2. The van der Waals surface area contributed by atoms with E-state index in [1.807, 2.05) is 75.0 Å². The van der Waals surface area contributed by atoms with Crippen LogP contribution in [0.1, 0.15) is 243 Å². The molecular weight excluding hydrogens is 821 g/mol. The molecule has 65 heavy (non-hydrogen) atoms. The van der Waals surface area contributed by atoms with Gasteiger partial charge in [-0.2, -0.15) is 0 Å². The van der Waals surface area contributed by atoms with Crippen LogP contribution in [-0.2, 0) is 38.2 Å². The highest BCUT2D eigenvalue weighted by molar-refractivity contribution is 5.90. The van der Waals surface area contributed by atoms with E-state index in [4.69, 9.17) is 14.2 Å². The highest BCUT2D eigenvalue weighted by Gasteiger charge is 2.69. The molecule has 2 saturated carbocycles. The third-order valence-electron chi connectivity index (χ3n) is 16.3. The quantitative estimate of drug-likeness (QED) is 0.250. The number of ether oxygens (including phenoxy) is 3. The molecule has 2 aliphatic carbocycles. The van der Waals surface area contributed by atoms with Gasteiger partial charge in [-0.15, -0.1) is 0 Å². The lowest BCUT2D eigenvalue weighted by Gasteiger charge is -2.57. The summed E-state index contributed by atoms with van der Waals surface area (Å²) >= 11 is 0. The maximum atomic E-state index is 15.8. The van der Waals surface area contributed by atoms with Gasteiger partial charge in [0.05, 0.1) is 13.1 Å². The Morgan fingerprint density at radius 2 is 0.708 bits per heavy atom. The number of esters is 1. The van der Waals surface area contributed by atoms with E-state index in [0.29, 0.717) is 51.4 Å². The molecule has 4 heterocycles. The van der Waals surface area contributed by atoms with Gasteiger partial charge < -0.3 is 33.8 Å². The molecule has 0 bridgehead atoms. The molecule has 4 saturated heterocycles. The zero-order valence-corrected chi connectivity index (χ0v) is 42.9. The monoisotopic (exact) mass is 911 g/mol. The molecule has 6 fully saturated rings. The maximum Gasteiger partial charge on any atom is 0.303 e. The van der Waals surface area contributed by atoms with Gasteiger partial charge in [0.25, 0.3) is 11.8 Å². The minimum absolute atomic E-state index is 0.0255. The van der Waals surface area contributed by atoms with Crippen LogP contribution in [0.4, 0.5) is 0 Å². The summed E-state index contributed by atoms with van der Waals surface area (Å²) in [4.78, 5) is 79.3. The molecule has 12 nitrogen and oxygen atoms in total. The molecular formula is C53H90N4O8. The first-order valence-corrected chi connectivity index (χ1v) is 26.2. The van der Waals surface area contributed by atoms with Crippen molar-refractivity contribution in [3.05, 3.63) is 0 Å². The Morgan fingerprint density at radius 1 is 0.462 bits per heavy atom. The Bertz CT molecular complexity index is 1560. The fourth-order valence-electron chi connectivity index (χ4n) is 15.2. The van der Waals surface area contributed by atoms with Crippen molar-refractivity contribution in [2.45, 2.75) is 294 Å². The summed E-state index contributed by atoms with van der Waals surface area (Å²) in [6.45, 7) is 21.2. The summed E-state index contributed by atoms with van der Waals surface area (Å²) in [7, 11) is 0. The van der Waals surface area contributed by atoms with Crippen molar-refractivity contribution >= 4 is 29.6 Å². The number of carbonyl (C=O) groups is 5. The van der Waals surface area contributed by atoms with Gasteiger partial charge in [0.15, 0.2) is 11.2 Å². The van der Waals surface area contributed by atoms with E-state index in [2.05, 4.69) is 0 Å². The molecule has 370 valence electrons. The van der Waals surface area contributed by atoms with Crippen LogP contribution in [-0.4, -0.2) is 113 Å². The smallest absolute Gasteiger partial charge is 0.303 e. The third kappa shape index (κ3) is 10.8. The van der Waals surface area contributed by atoms with Gasteiger partial charge in [-0.1, -0.05) is 89.9 Å². The Kier molecular flexibility index (Phi) is 15.7. The van der Waals surface area contributed by atoms with Crippen molar-refractivity contribution in [2.75, 3.05) is 13.1 Å². The summed E-state index contributed by atoms with van der Waals surface area (Å²) < 4.78 is 21.5. The second kappa shape index (κ2) is 19.7. The minimum Gasteiger partial charge on any atom is -0.459 e. The van der Waals surface area contributed by atoms with Crippen LogP contribution in [0.2, 0.25) is 0 Å². The van der Waals surface area contributed by atoms with E-state index in [9.17, 15) is 14.4 Å². The predicted octanol–water partition coefficient (Wildman–Crippen LogP) is 10.5. The van der Waals surface area contributed by atoms with Gasteiger partial charge in [0.2, 0.25) is 11.8 Å². The first-order chi connectivity index (χ1) is 30.4. The van der Waals surface area contributed by atoms with Crippen LogP contribution in [0.3, 0.4) is 0 Å². The molecule has 12 heteroatoms. The maximum absolute atomic E-state index is 15.8. The standard InChI is InChI=1S/C53H90N4O8/c1-40(58)56-46(4,5)36-50(37-47(56,6)7)44(61)54(52(64-50)30-26-22-18-14-12-15-19-23-27-31-52)34-43(63-42(3)60)35-55-45(62)51(38-48(8,9)57(41(2)59)49(10,11)39-51)65-53(55)32-28-24-20-16-13-17-21-25-29-33-53/h43H,12-39H2,1-11H3. The second-order valence-corrected chi connectivity index (χ2v) is 24.2. The van der Waals surface area contributed by atoms with Crippen molar-refractivity contribution in [3.8, 4) is 0 Å². The normalized spacial score (nSPS) is 27.9. The first kappa shape index (κ1) is 51.7. The molecule has 4 spiro atoms. The van der Waals surface area contributed by atoms with Gasteiger partial charge in [-0.25, -0.2) is 0 Å². The number of nitrogens with zero attached hydrogens (tertiary/aromatic N) is 4. The van der Waals surface area contributed by atoms with E-state index in [0.717, 1.165) is 77.0 Å². The van der Waals surface area contributed by atoms with Crippen LogP contribution in [0.25, 0.3) is 0 Å². The molecule has 4 amide bonds. The first-order valence-electron chi connectivity index (χ1n) is 26.2. The van der Waals surface area contributed by atoms with Crippen LogP contribution >= 0.6 is 0 Å². The van der Waals surface area contributed by atoms with E-state index in [1.165, 1.54) is 45.4 Å². The summed E-state index contributed by atoms with van der Waals surface area (Å²) in [5.41, 5.74) is -6.95. The van der Waals surface area contributed by atoms with Crippen molar-refractivity contribution in [1.29, 1.82) is 0 Å². The van der Waals surface area contributed by atoms with Gasteiger partial charge in [-0.3, -0.25) is 24.0 Å². The van der Waals surface area contributed by atoms with Gasteiger partial charge in [-0.05, 0) is 107 Å². The van der Waals surface area contributed by atoms with E-state index < -0.39 is 56.9 Å². The van der Waals surface area contributed by atoms with Gasteiger partial charge >= 0.3 is 5.97 Å². The van der Waals surface area contributed by atoms with Crippen molar-refractivity contribution in [2.24, 2.45) is 0 Å². The fourth-order valence-corrected chi connectivity index (χ4v) is 15.2. The molecule has 0 aromatic heterocycles. The molecule has 0 aromatic rings. The molecule has 6 aliphatic rings. The predicted molar refractivity (Wildman–Crippen MR) is 253 cm³/mol. The Labute approximate surface area is 393 Å². The van der Waals surface area contributed by atoms with Crippen LogP contribution < -0.4 is 0 Å². The number of likely N-dealkylation sites (tertiary alicyclic amines) is 2. The van der Waals surface area contributed by atoms with Crippen LogP contribution in [0.15, 0.2) is 0 Å². The summed E-state index contributed by atoms with van der Waals surface area (Å²) in [5.74, 6) is -0.723. The average Bonchev–Trinajstić information content (AvgIpc) is 3.47. The molecule has 0 aromatic carbocycles. The summed E-state index contributed by atoms with van der Waals surface area (Å²) in [5, 5.41) is 0. The summed E-state index contributed by atoms with van der Waals surface area (Å²) in [6, 6.07) is 0. The lowest BCUT2D eigenvalue weighted by molar-refractivity contribution is -0.206. The Morgan fingerprint density at radius 3 is 0.938 bits per heavy atom. The number of carbonyl (C=O) groups excluding carboxylic acids is 5. The van der Waals surface area contributed by atoms with E-state index in [-0.39, 0.29) is 36.7 Å². The van der Waals surface area contributed by atoms with Gasteiger partial charge in [0.1, 0.15) is 17.6 Å². The molecule has 0 atom stereocenters. The zero-order valence-electron chi connectivity index (χ0n) is 42.9. The second-order valence-electron chi connectivity index (χ2n) is 24.2. The molecule has 0 N–H and O–H groups in total. The molecule has 0 unspecified atom stereocenters. The summed E-state index contributed by atoms with van der Waals surface area (Å²) in [6.07, 6.45) is 22.9. The van der Waals surface area contributed by atoms with E-state index >= 15 is 9.59 Å². The number of amides is 4. The topological polar surface area (TPSA) is 126 Å². The highest BCUT2D eigenvalue weighted by atomic mass is 16.6. The van der Waals surface area contributed by atoms with E-state index in [1.54, 1.807) is 13.8 Å².